The van der Waals surface area contributed by atoms with Gasteiger partial charge in [0.15, 0.2) is 5.78 Å². The second kappa shape index (κ2) is 6.62. The van der Waals surface area contributed by atoms with Gasteiger partial charge in [0.25, 0.3) is 10.0 Å². The smallest absolute Gasteiger partial charge is 0.270 e. The van der Waals surface area contributed by atoms with Gasteiger partial charge >= 0.3 is 0 Å². The van der Waals surface area contributed by atoms with Crippen LogP contribution in [0.1, 0.15) is 30.0 Å². The maximum absolute atomic E-state index is 13.1. The van der Waals surface area contributed by atoms with Crippen molar-refractivity contribution in [1.82, 2.24) is 0 Å². The van der Waals surface area contributed by atoms with E-state index in [4.69, 9.17) is 4.42 Å². The first kappa shape index (κ1) is 18.8. The standard InChI is InChI=1S/C19H16FNO5S/c1-11(22)19-12(2)26-18-9-6-15(10-17(18)19)21(13(3)23)27(24,25)16-7-4-14(20)5-8-16/h4-10H,1-3H3. The van der Waals surface area contributed by atoms with Crippen LogP contribution in [0.4, 0.5) is 10.1 Å². The Hall–Kier alpha value is -3.00. The third-order valence-electron chi connectivity index (χ3n) is 4.07. The van der Waals surface area contributed by atoms with Crippen molar-refractivity contribution in [2.45, 2.75) is 25.7 Å². The Balaban J connectivity index is 2.21. The van der Waals surface area contributed by atoms with Crippen LogP contribution >= 0.6 is 0 Å². The number of fused-ring (bicyclic) bond motifs is 1. The van der Waals surface area contributed by atoms with Crippen molar-refractivity contribution in [1.29, 1.82) is 0 Å². The number of amides is 1. The summed E-state index contributed by atoms with van der Waals surface area (Å²) in [4.78, 5) is 23.9. The molecule has 0 atom stereocenters. The first-order valence-corrected chi connectivity index (χ1v) is 9.42. The molecule has 0 fully saturated rings. The monoisotopic (exact) mass is 389 g/mol. The Morgan fingerprint density at radius 3 is 2.22 bits per heavy atom. The van der Waals surface area contributed by atoms with Gasteiger partial charge < -0.3 is 4.42 Å². The molecule has 140 valence electrons. The third-order valence-corrected chi connectivity index (χ3v) is 5.89. The molecule has 0 unspecified atom stereocenters. The summed E-state index contributed by atoms with van der Waals surface area (Å²) in [5, 5.41) is 0.415. The zero-order valence-corrected chi connectivity index (χ0v) is 15.6. The molecule has 0 spiro atoms. The second-order valence-corrected chi connectivity index (χ2v) is 7.80. The molecule has 0 saturated heterocycles. The Morgan fingerprint density at radius 1 is 1.04 bits per heavy atom. The van der Waals surface area contributed by atoms with E-state index in [9.17, 15) is 22.4 Å². The molecule has 0 bridgehead atoms. The van der Waals surface area contributed by atoms with Gasteiger partial charge in [-0.1, -0.05) is 0 Å². The number of halogens is 1. The fraction of sp³-hybridized carbons (Fsp3) is 0.158. The molecule has 1 aromatic heterocycles. The van der Waals surface area contributed by atoms with Gasteiger partial charge in [-0.05, 0) is 56.3 Å². The lowest BCUT2D eigenvalue weighted by atomic mass is 10.1. The lowest BCUT2D eigenvalue weighted by molar-refractivity contribution is -0.115. The number of carbonyl (C=O) groups excluding carboxylic acids is 2. The molecular weight excluding hydrogens is 373 g/mol. The summed E-state index contributed by atoms with van der Waals surface area (Å²) in [6, 6.07) is 8.51. The quantitative estimate of drug-likeness (QED) is 0.633. The number of nitrogens with zero attached hydrogens (tertiary/aromatic N) is 1. The average molecular weight is 389 g/mol. The van der Waals surface area contributed by atoms with Crippen LogP contribution in [0.5, 0.6) is 0 Å². The number of sulfonamides is 1. The number of furan rings is 1. The largest absolute Gasteiger partial charge is 0.461 e. The minimum Gasteiger partial charge on any atom is -0.461 e. The van der Waals surface area contributed by atoms with Crippen LogP contribution in [0.3, 0.4) is 0 Å². The summed E-state index contributed by atoms with van der Waals surface area (Å²) in [7, 11) is -4.26. The van der Waals surface area contributed by atoms with Crippen LogP contribution in [-0.4, -0.2) is 20.1 Å². The van der Waals surface area contributed by atoms with Crippen molar-refractivity contribution in [3.63, 3.8) is 0 Å². The molecule has 1 heterocycles. The molecule has 3 rings (SSSR count). The van der Waals surface area contributed by atoms with Crippen molar-refractivity contribution in [3.8, 4) is 0 Å². The highest BCUT2D eigenvalue weighted by Gasteiger charge is 2.29. The molecule has 27 heavy (non-hydrogen) atoms. The van der Waals surface area contributed by atoms with E-state index in [1.807, 2.05) is 0 Å². The highest BCUT2D eigenvalue weighted by Crippen LogP contribution is 2.32. The topological polar surface area (TPSA) is 84.7 Å². The minimum absolute atomic E-state index is 0.0580. The van der Waals surface area contributed by atoms with Crippen molar-refractivity contribution < 1.29 is 26.8 Å². The number of rotatable bonds is 4. The van der Waals surface area contributed by atoms with Crippen molar-refractivity contribution in [2.24, 2.45) is 0 Å². The maximum atomic E-state index is 13.1. The first-order chi connectivity index (χ1) is 12.6. The molecule has 0 aliphatic carbocycles. The number of benzene rings is 2. The number of Topliss-reactive ketones (excluding diaryl/α,β-unsaturated/α-hetero) is 1. The van der Waals surface area contributed by atoms with Gasteiger partial charge in [0.2, 0.25) is 5.91 Å². The fourth-order valence-corrected chi connectivity index (χ4v) is 4.39. The molecule has 2 aromatic carbocycles. The Labute approximate surface area is 155 Å². The van der Waals surface area contributed by atoms with Gasteiger partial charge in [-0.2, -0.15) is 0 Å². The molecule has 0 aliphatic heterocycles. The Bertz CT molecular complexity index is 1160. The van der Waals surface area contributed by atoms with E-state index in [1.165, 1.54) is 25.1 Å². The number of anilines is 1. The number of ketones is 1. The molecule has 8 heteroatoms. The summed E-state index contributed by atoms with van der Waals surface area (Å²) in [6.07, 6.45) is 0. The fourth-order valence-electron chi connectivity index (χ4n) is 2.97. The van der Waals surface area contributed by atoms with E-state index < -0.39 is 21.7 Å². The van der Waals surface area contributed by atoms with E-state index in [0.717, 1.165) is 31.2 Å². The average Bonchev–Trinajstić information content (AvgIpc) is 2.90. The van der Waals surface area contributed by atoms with Crippen molar-refractivity contribution in [3.05, 3.63) is 59.6 Å². The number of hydrogen-bond donors (Lipinski definition) is 0. The SMILES string of the molecule is CC(=O)c1c(C)oc2ccc(N(C(C)=O)S(=O)(=O)c3ccc(F)cc3)cc12. The highest BCUT2D eigenvalue weighted by molar-refractivity contribution is 7.93. The molecule has 0 saturated carbocycles. The van der Waals surface area contributed by atoms with Gasteiger partial charge in [-0.15, -0.1) is 0 Å². The lowest BCUT2D eigenvalue weighted by Crippen LogP contribution is -2.35. The van der Waals surface area contributed by atoms with Gasteiger partial charge in [-0.25, -0.2) is 17.1 Å². The highest BCUT2D eigenvalue weighted by atomic mass is 32.2. The lowest BCUT2D eigenvalue weighted by Gasteiger charge is -2.21. The molecule has 6 nitrogen and oxygen atoms in total. The molecule has 0 radical (unpaired) electrons. The zero-order chi connectivity index (χ0) is 19.9. The van der Waals surface area contributed by atoms with Crippen LogP contribution in [0.2, 0.25) is 0 Å². The van der Waals surface area contributed by atoms with Gasteiger partial charge in [0.05, 0.1) is 16.1 Å². The van der Waals surface area contributed by atoms with Crippen LogP contribution in [0.15, 0.2) is 51.8 Å². The van der Waals surface area contributed by atoms with E-state index in [1.54, 1.807) is 6.92 Å². The van der Waals surface area contributed by atoms with Crippen molar-refractivity contribution in [2.75, 3.05) is 4.31 Å². The predicted octanol–water partition coefficient (Wildman–Crippen LogP) is 3.82. The molecule has 3 aromatic rings. The van der Waals surface area contributed by atoms with Gasteiger partial charge in [-0.3, -0.25) is 9.59 Å². The van der Waals surface area contributed by atoms with Gasteiger partial charge in [0, 0.05) is 12.3 Å². The van der Waals surface area contributed by atoms with Gasteiger partial charge in [0.1, 0.15) is 17.2 Å². The first-order valence-electron chi connectivity index (χ1n) is 7.98. The minimum atomic E-state index is -4.26. The molecule has 0 aliphatic rings. The second-order valence-electron chi connectivity index (χ2n) is 6.01. The maximum Gasteiger partial charge on any atom is 0.270 e. The Morgan fingerprint density at radius 2 is 1.67 bits per heavy atom. The van der Waals surface area contributed by atoms with Crippen LogP contribution < -0.4 is 4.31 Å². The molecular formula is C19H16FNO5S. The summed E-state index contributed by atoms with van der Waals surface area (Å²) in [6.45, 7) is 4.12. The third kappa shape index (κ3) is 3.23. The van der Waals surface area contributed by atoms with E-state index >= 15 is 0 Å². The van der Waals surface area contributed by atoms with Crippen molar-refractivity contribution >= 4 is 38.4 Å². The summed E-state index contributed by atoms with van der Waals surface area (Å²) >= 11 is 0. The number of aryl methyl sites for hydroxylation is 1. The Kier molecular flexibility index (Phi) is 4.61. The zero-order valence-electron chi connectivity index (χ0n) is 14.8. The summed E-state index contributed by atoms with van der Waals surface area (Å²) in [5.41, 5.74) is 0.793. The normalized spacial score (nSPS) is 11.6. The molecule has 0 N–H and O–H groups in total. The van der Waals surface area contributed by atoms with E-state index in [2.05, 4.69) is 0 Å². The van der Waals surface area contributed by atoms with Crippen LogP contribution in [0.25, 0.3) is 11.0 Å². The number of hydrogen-bond acceptors (Lipinski definition) is 5. The number of carbonyl (C=O) groups is 2. The summed E-state index contributed by atoms with van der Waals surface area (Å²) in [5.74, 6) is -1.17. The van der Waals surface area contributed by atoms with E-state index in [0.29, 0.717) is 26.6 Å². The molecule has 1 amide bonds. The van der Waals surface area contributed by atoms with Crippen LogP contribution in [0, 0.1) is 12.7 Å². The van der Waals surface area contributed by atoms with Crippen LogP contribution in [-0.2, 0) is 14.8 Å². The summed E-state index contributed by atoms with van der Waals surface area (Å²) < 4.78 is 45.2. The van der Waals surface area contributed by atoms with E-state index in [-0.39, 0.29) is 16.4 Å². The predicted molar refractivity (Wildman–Crippen MR) is 97.7 cm³/mol.